The lowest BCUT2D eigenvalue weighted by Crippen LogP contribution is -2.20. The van der Waals surface area contributed by atoms with Crippen molar-refractivity contribution in [2.24, 2.45) is 0 Å². The minimum atomic E-state index is -2.86. The number of pyridine rings is 1. The maximum absolute atomic E-state index is 13.0. The number of hydrogen-bond donors (Lipinski definition) is 1. The monoisotopic (exact) mass is 242 g/mol. The summed E-state index contributed by atoms with van der Waals surface area (Å²) in [6.07, 6.45) is 2.93. The molecule has 0 spiro atoms. The Labute approximate surface area is 96.2 Å². The number of nitrogen functional groups attached to an aromatic ring is 1. The Morgan fingerprint density at radius 2 is 2.18 bits per heavy atom. The molecule has 0 radical (unpaired) electrons. The van der Waals surface area contributed by atoms with Gasteiger partial charge in [-0.3, -0.25) is 4.68 Å². The van der Waals surface area contributed by atoms with Crippen molar-refractivity contribution < 1.29 is 13.5 Å². The molecule has 0 aliphatic heterocycles. The van der Waals surface area contributed by atoms with Crippen LogP contribution in [0.1, 0.15) is 6.92 Å². The van der Waals surface area contributed by atoms with Crippen LogP contribution in [-0.4, -0.2) is 27.8 Å². The molecule has 0 bridgehead atoms. The highest BCUT2D eigenvalue weighted by Gasteiger charge is 2.24. The maximum atomic E-state index is 13.0. The van der Waals surface area contributed by atoms with Gasteiger partial charge in [0.15, 0.2) is 11.6 Å². The van der Waals surface area contributed by atoms with Crippen molar-refractivity contribution in [3.63, 3.8) is 0 Å². The van der Waals surface area contributed by atoms with Crippen molar-refractivity contribution in [1.29, 1.82) is 0 Å². The Balaban J connectivity index is 2.61. The summed E-state index contributed by atoms with van der Waals surface area (Å²) in [5.74, 6) is -2.44. The molecule has 92 valence electrons. The first-order valence-corrected chi connectivity index (χ1v) is 4.94. The van der Waals surface area contributed by atoms with E-state index >= 15 is 0 Å². The number of anilines is 1. The first kappa shape index (κ1) is 11.6. The molecule has 0 aromatic carbocycles. The molecule has 0 amide bonds. The van der Waals surface area contributed by atoms with Gasteiger partial charge < -0.3 is 10.5 Å². The Bertz CT molecular complexity index is 547. The molecule has 2 N–H and O–H groups in total. The summed E-state index contributed by atoms with van der Waals surface area (Å²) in [6.45, 7) is 0.299. The molecular formula is C10H12F2N4O. The molecular weight excluding hydrogens is 230 g/mol. The maximum Gasteiger partial charge on any atom is 0.264 e. The normalized spacial score (nSPS) is 12.0. The van der Waals surface area contributed by atoms with E-state index in [1.165, 1.54) is 24.2 Å². The second-order valence-corrected chi connectivity index (χ2v) is 3.85. The zero-order valence-corrected chi connectivity index (χ0v) is 9.44. The summed E-state index contributed by atoms with van der Waals surface area (Å²) in [6, 6.07) is 0. The molecule has 0 aliphatic rings. The van der Waals surface area contributed by atoms with Crippen molar-refractivity contribution in [3.05, 3.63) is 12.4 Å². The summed E-state index contributed by atoms with van der Waals surface area (Å²) in [7, 11) is 1.41. The van der Waals surface area contributed by atoms with Gasteiger partial charge in [0, 0.05) is 18.5 Å². The standard InChI is InChI=1S/C10H12F2N4O/c1-10(11,12)5-16-7-6(4-15-16)3-14-9(13)8(7)17-2/h3-4H,5H2,1-2H3,(H2,13,14). The highest BCUT2D eigenvalue weighted by molar-refractivity contribution is 5.87. The highest BCUT2D eigenvalue weighted by atomic mass is 19.3. The van der Waals surface area contributed by atoms with Crippen LogP contribution in [0.3, 0.4) is 0 Å². The fourth-order valence-corrected chi connectivity index (χ4v) is 1.65. The van der Waals surface area contributed by atoms with Crippen molar-refractivity contribution in [2.45, 2.75) is 19.4 Å². The van der Waals surface area contributed by atoms with E-state index in [4.69, 9.17) is 10.5 Å². The topological polar surface area (TPSA) is 66.0 Å². The van der Waals surface area contributed by atoms with Crippen LogP contribution in [-0.2, 0) is 6.54 Å². The molecule has 17 heavy (non-hydrogen) atoms. The third-order valence-electron chi connectivity index (χ3n) is 2.29. The lowest BCUT2D eigenvalue weighted by Gasteiger charge is -2.12. The number of aromatic nitrogens is 3. The molecule has 0 atom stereocenters. The SMILES string of the molecule is COc1c(N)ncc2cnn(CC(C)(F)F)c12. The third kappa shape index (κ3) is 2.13. The number of nitrogens with zero attached hydrogens (tertiary/aromatic N) is 3. The lowest BCUT2D eigenvalue weighted by molar-refractivity contribution is 0.00175. The van der Waals surface area contributed by atoms with Gasteiger partial charge in [-0.25, -0.2) is 13.8 Å². The van der Waals surface area contributed by atoms with Crippen LogP contribution in [0.15, 0.2) is 12.4 Å². The predicted molar refractivity (Wildman–Crippen MR) is 59.1 cm³/mol. The van der Waals surface area contributed by atoms with E-state index in [1.54, 1.807) is 0 Å². The molecule has 7 heteroatoms. The number of nitrogens with two attached hydrogens (primary N) is 1. The van der Waals surface area contributed by atoms with Crippen molar-refractivity contribution in [3.8, 4) is 5.75 Å². The molecule has 2 rings (SSSR count). The van der Waals surface area contributed by atoms with Gasteiger partial charge in [-0.2, -0.15) is 5.10 Å². The zero-order valence-electron chi connectivity index (χ0n) is 9.44. The number of halogens is 2. The smallest absolute Gasteiger partial charge is 0.264 e. The van der Waals surface area contributed by atoms with Crippen molar-refractivity contribution in [1.82, 2.24) is 14.8 Å². The number of hydrogen-bond acceptors (Lipinski definition) is 4. The van der Waals surface area contributed by atoms with Crippen LogP contribution in [0.25, 0.3) is 10.9 Å². The quantitative estimate of drug-likeness (QED) is 0.889. The molecule has 0 fully saturated rings. The number of alkyl halides is 2. The zero-order chi connectivity index (χ0) is 12.6. The molecule has 0 unspecified atom stereocenters. The van der Waals surface area contributed by atoms with Crippen LogP contribution in [0, 0.1) is 0 Å². The van der Waals surface area contributed by atoms with Crippen molar-refractivity contribution in [2.75, 3.05) is 12.8 Å². The summed E-state index contributed by atoms with van der Waals surface area (Å²) >= 11 is 0. The fourth-order valence-electron chi connectivity index (χ4n) is 1.65. The molecule has 5 nitrogen and oxygen atoms in total. The minimum Gasteiger partial charge on any atom is -0.491 e. The summed E-state index contributed by atoms with van der Waals surface area (Å²) in [4.78, 5) is 3.90. The van der Waals surface area contributed by atoms with E-state index in [0.29, 0.717) is 10.9 Å². The van der Waals surface area contributed by atoms with Gasteiger partial charge in [0.25, 0.3) is 5.92 Å². The van der Waals surface area contributed by atoms with Gasteiger partial charge >= 0.3 is 0 Å². The second kappa shape index (κ2) is 3.83. The van der Waals surface area contributed by atoms with E-state index in [1.807, 2.05) is 0 Å². The van der Waals surface area contributed by atoms with E-state index in [2.05, 4.69) is 10.1 Å². The Kier molecular flexibility index (Phi) is 2.60. The molecule has 0 saturated heterocycles. The largest absolute Gasteiger partial charge is 0.491 e. The number of methoxy groups -OCH3 is 1. The minimum absolute atomic E-state index is 0.154. The van der Waals surface area contributed by atoms with Crippen LogP contribution in [0.2, 0.25) is 0 Å². The van der Waals surface area contributed by atoms with Gasteiger partial charge in [-0.1, -0.05) is 0 Å². The number of rotatable bonds is 3. The summed E-state index contributed by atoms with van der Waals surface area (Å²) in [5.41, 5.74) is 6.06. The van der Waals surface area contributed by atoms with E-state index < -0.39 is 12.5 Å². The molecule has 0 saturated carbocycles. The molecule has 0 aliphatic carbocycles. The van der Waals surface area contributed by atoms with Gasteiger partial charge in [0.05, 0.1) is 13.3 Å². The van der Waals surface area contributed by atoms with E-state index in [-0.39, 0.29) is 11.6 Å². The van der Waals surface area contributed by atoms with E-state index in [9.17, 15) is 8.78 Å². The Hall–Kier alpha value is -1.92. The Morgan fingerprint density at radius 1 is 1.47 bits per heavy atom. The van der Waals surface area contributed by atoms with Crippen LogP contribution in [0.4, 0.5) is 14.6 Å². The summed E-state index contributed by atoms with van der Waals surface area (Å²) < 4.78 is 32.3. The van der Waals surface area contributed by atoms with Gasteiger partial charge in [-0.05, 0) is 0 Å². The fraction of sp³-hybridized carbons (Fsp3) is 0.400. The first-order chi connectivity index (χ1) is 7.92. The average Bonchev–Trinajstić information content (AvgIpc) is 2.59. The molecule has 2 aromatic rings. The van der Waals surface area contributed by atoms with Crippen LogP contribution >= 0.6 is 0 Å². The van der Waals surface area contributed by atoms with Gasteiger partial charge in [0.1, 0.15) is 12.1 Å². The lowest BCUT2D eigenvalue weighted by atomic mass is 10.3. The molecule has 2 heterocycles. The second-order valence-electron chi connectivity index (χ2n) is 3.85. The van der Waals surface area contributed by atoms with Gasteiger partial charge in [-0.15, -0.1) is 0 Å². The summed E-state index contributed by atoms with van der Waals surface area (Å²) in [5, 5.41) is 4.50. The number of ether oxygens (including phenoxy) is 1. The first-order valence-electron chi connectivity index (χ1n) is 4.94. The third-order valence-corrected chi connectivity index (χ3v) is 2.29. The predicted octanol–water partition coefficient (Wildman–Crippen LogP) is 1.68. The number of fused-ring (bicyclic) bond motifs is 1. The Morgan fingerprint density at radius 3 is 2.76 bits per heavy atom. The average molecular weight is 242 g/mol. The van der Waals surface area contributed by atoms with Crippen LogP contribution in [0.5, 0.6) is 5.75 Å². The highest BCUT2D eigenvalue weighted by Crippen LogP contribution is 2.30. The van der Waals surface area contributed by atoms with E-state index in [0.717, 1.165) is 6.92 Å². The molecule has 2 aromatic heterocycles. The van der Waals surface area contributed by atoms with Crippen LogP contribution < -0.4 is 10.5 Å². The van der Waals surface area contributed by atoms with Gasteiger partial charge in [0.2, 0.25) is 0 Å². The van der Waals surface area contributed by atoms with Crippen molar-refractivity contribution >= 4 is 16.7 Å².